The van der Waals surface area contributed by atoms with E-state index < -0.39 is 11.0 Å². The van der Waals surface area contributed by atoms with Gasteiger partial charge < -0.3 is 9.84 Å². The smallest absolute Gasteiger partial charge is 0.271 e. The molecular weight excluding hydrogens is 284 g/mol. The largest absolute Gasteiger partial charge is 0.437 e. The molecule has 20 heavy (non-hydrogen) atoms. The van der Waals surface area contributed by atoms with Crippen molar-refractivity contribution in [3.8, 4) is 11.6 Å². The average molecular weight is 295 g/mol. The first-order valence-electron chi connectivity index (χ1n) is 5.73. The van der Waals surface area contributed by atoms with Crippen molar-refractivity contribution in [2.24, 2.45) is 0 Å². The second-order valence-corrected chi connectivity index (χ2v) is 4.48. The van der Waals surface area contributed by atoms with E-state index in [1.54, 1.807) is 19.1 Å². The number of non-ortho nitro benzene ring substituents is 1. The number of rotatable bonds is 4. The van der Waals surface area contributed by atoms with Gasteiger partial charge in [-0.1, -0.05) is 11.6 Å². The summed E-state index contributed by atoms with van der Waals surface area (Å²) < 4.78 is 5.46. The van der Waals surface area contributed by atoms with E-state index in [4.69, 9.17) is 16.3 Å². The number of hydrogen-bond donors (Lipinski definition) is 1. The Hall–Kier alpha value is -2.18. The molecule has 0 radical (unpaired) electrons. The van der Waals surface area contributed by atoms with Gasteiger partial charge in [0.2, 0.25) is 5.88 Å². The number of nitro benzene ring substituents is 1. The van der Waals surface area contributed by atoms with E-state index in [0.717, 1.165) is 0 Å². The van der Waals surface area contributed by atoms with Crippen molar-refractivity contribution in [1.82, 2.24) is 4.98 Å². The van der Waals surface area contributed by atoms with Crippen LogP contribution in [0.2, 0.25) is 5.02 Å². The van der Waals surface area contributed by atoms with Crippen LogP contribution >= 0.6 is 11.6 Å². The van der Waals surface area contributed by atoms with Gasteiger partial charge in [-0.3, -0.25) is 10.1 Å². The van der Waals surface area contributed by atoms with Crippen LogP contribution in [0.1, 0.15) is 18.6 Å². The summed E-state index contributed by atoms with van der Waals surface area (Å²) in [4.78, 5) is 14.1. The minimum atomic E-state index is -0.646. The summed E-state index contributed by atoms with van der Waals surface area (Å²) in [5, 5.41) is 20.2. The van der Waals surface area contributed by atoms with Crippen LogP contribution in [0.3, 0.4) is 0 Å². The van der Waals surface area contributed by atoms with E-state index in [9.17, 15) is 15.2 Å². The molecule has 0 fully saturated rings. The molecule has 0 bridgehead atoms. The monoisotopic (exact) mass is 294 g/mol. The molecule has 0 unspecified atom stereocenters. The van der Waals surface area contributed by atoms with E-state index in [1.807, 2.05) is 0 Å². The van der Waals surface area contributed by atoms with Crippen molar-refractivity contribution < 1.29 is 14.8 Å². The molecule has 2 rings (SSSR count). The quantitative estimate of drug-likeness (QED) is 0.689. The van der Waals surface area contributed by atoms with Gasteiger partial charge in [0.1, 0.15) is 5.75 Å². The van der Waals surface area contributed by atoms with Crippen LogP contribution in [0.15, 0.2) is 36.5 Å². The molecule has 0 aliphatic heterocycles. The van der Waals surface area contributed by atoms with Gasteiger partial charge in [-0.25, -0.2) is 4.98 Å². The van der Waals surface area contributed by atoms with Crippen molar-refractivity contribution in [1.29, 1.82) is 0 Å². The maximum Gasteiger partial charge on any atom is 0.271 e. The Labute approximate surface area is 119 Å². The van der Waals surface area contributed by atoms with Gasteiger partial charge in [0, 0.05) is 24.4 Å². The molecule has 1 aromatic heterocycles. The Kier molecular flexibility index (Phi) is 4.16. The summed E-state index contributed by atoms with van der Waals surface area (Å²) in [5.74, 6) is 0.506. The van der Waals surface area contributed by atoms with Crippen LogP contribution in [0.25, 0.3) is 0 Å². The van der Waals surface area contributed by atoms with Gasteiger partial charge in [0.05, 0.1) is 16.0 Å². The van der Waals surface area contributed by atoms with Gasteiger partial charge in [0.15, 0.2) is 0 Å². The number of halogens is 1. The molecule has 6 nitrogen and oxygen atoms in total. The minimum Gasteiger partial charge on any atom is -0.437 e. The second-order valence-electron chi connectivity index (χ2n) is 4.08. The summed E-state index contributed by atoms with van der Waals surface area (Å²) >= 11 is 5.92. The SMILES string of the molecule is C[C@H](O)c1ccnc(Oc2ccc([N+](=O)[O-])cc2Cl)c1. The molecule has 0 spiro atoms. The summed E-state index contributed by atoms with van der Waals surface area (Å²) in [5.41, 5.74) is 0.529. The highest BCUT2D eigenvalue weighted by Crippen LogP contribution is 2.32. The summed E-state index contributed by atoms with van der Waals surface area (Å²) in [7, 11) is 0. The second kappa shape index (κ2) is 5.85. The van der Waals surface area contributed by atoms with Crippen molar-refractivity contribution in [3.63, 3.8) is 0 Å². The summed E-state index contributed by atoms with van der Waals surface area (Å²) in [6, 6.07) is 7.13. The van der Waals surface area contributed by atoms with E-state index in [0.29, 0.717) is 5.56 Å². The normalized spacial score (nSPS) is 11.9. The Bertz CT molecular complexity index is 646. The number of aromatic nitrogens is 1. The number of hydrogen-bond acceptors (Lipinski definition) is 5. The molecule has 0 saturated carbocycles. The van der Waals surface area contributed by atoms with E-state index >= 15 is 0 Å². The molecule has 0 saturated heterocycles. The first-order valence-corrected chi connectivity index (χ1v) is 6.11. The number of ether oxygens (including phenoxy) is 1. The third-order valence-electron chi connectivity index (χ3n) is 2.58. The zero-order chi connectivity index (χ0) is 14.7. The predicted molar refractivity (Wildman–Crippen MR) is 73.1 cm³/mol. The molecule has 1 atom stereocenters. The number of nitrogens with zero attached hydrogens (tertiary/aromatic N) is 2. The molecule has 104 valence electrons. The number of aliphatic hydroxyl groups is 1. The summed E-state index contributed by atoms with van der Waals surface area (Å²) in [6.45, 7) is 1.62. The molecule has 0 aliphatic carbocycles. The van der Waals surface area contributed by atoms with E-state index in [1.165, 1.54) is 24.4 Å². The fourth-order valence-corrected chi connectivity index (χ4v) is 1.75. The third kappa shape index (κ3) is 3.23. The first-order chi connectivity index (χ1) is 9.47. The lowest BCUT2D eigenvalue weighted by atomic mass is 10.2. The van der Waals surface area contributed by atoms with Crippen LogP contribution in [0.4, 0.5) is 5.69 Å². The zero-order valence-electron chi connectivity index (χ0n) is 10.5. The average Bonchev–Trinajstić information content (AvgIpc) is 2.41. The number of benzene rings is 1. The van der Waals surface area contributed by atoms with Gasteiger partial charge in [-0.15, -0.1) is 0 Å². The Morgan fingerprint density at radius 2 is 2.15 bits per heavy atom. The van der Waals surface area contributed by atoms with Gasteiger partial charge in [-0.05, 0) is 24.6 Å². The molecule has 0 amide bonds. The lowest BCUT2D eigenvalue weighted by Crippen LogP contribution is -1.95. The fraction of sp³-hybridized carbons (Fsp3) is 0.154. The maximum atomic E-state index is 10.6. The Balaban J connectivity index is 2.26. The number of pyridine rings is 1. The summed E-state index contributed by atoms with van der Waals surface area (Å²) in [6.07, 6.45) is 0.851. The molecule has 1 N–H and O–H groups in total. The lowest BCUT2D eigenvalue weighted by molar-refractivity contribution is -0.384. The topological polar surface area (TPSA) is 85.5 Å². The third-order valence-corrected chi connectivity index (χ3v) is 2.88. The molecule has 1 aromatic carbocycles. The molecule has 1 heterocycles. The number of aliphatic hydroxyl groups excluding tert-OH is 1. The fourth-order valence-electron chi connectivity index (χ4n) is 1.54. The van der Waals surface area contributed by atoms with Crippen LogP contribution in [-0.4, -0.2) is 15.0 Å². The van der Waals surface area contributed by atoms with Crippen LogP contribution in [0, 0.1) is 10.1 Å². The molecule has 2 aromatic rings. The molecule has 0 aliphatic rings. The van der Waals surface area contributed by atoms with E-state index in [2.05, 4.69) is 4.98 Å². The highest BCUT2D eigenvalue weighted by molar-refractivity contribution is 6.32. The number of nitro groups is 1. The molecular formula is C13H11ClN2O4. The lowest BCUT2D eigenvalue weighted by Gasteiger charge is -2.09. The zero-order valence-corrected chi connectivity index (χ0v) is 11.2. The highest BCUT2D eigenvalue weighted by atomic mass is 35.5. The van der Waals surface area contributed by atoms with E-state index in [-0.39, 0.29) is 22.3 Å². The highest BCUT2D eigenvalue weighted by Gasteiger charge is 2.12. The Morgan fingerprint density at radius 3 is 2.75 bits per heavy atom. The van der Waals surface area contributed by atoms with Crippen LogP contribution in [0.5, 0.6) is 11.6 Å². The minimum absolute atomic E-state index is 0.114. The van der Waals surface area contributed by atoms with Crippen LogP contribution in [-0.2, 0) is 0 Å². The molecule has 7 heteroatoms. The van der Waals surface area contributed by atoms with Crippen molar-refractivity contribution >= 4 is 17.3 Å². The maximum absolute atomic E-state index is 10.6. The van der Waals surface area contributed by atoms with Crippen molar-refractivity contribution in [2.45, 2.75) is 13.0 Å². The predicted octanol–water partition coefficient (Wildman–Crippen LogP) is 3.49. The standard InChI is InChI=1S/C13H11ClN2O4/c1-8(17)9-4-5-15-13(6-9)20-12-3-2-10(16(18)19)7-11(12)14/h2-8,17H,1H3/t8-/m0/s1. The van der Waals surface area contributed by atoms with Crippen molar-refractivity contribution in [2.75, 3.05) is 0 Å². The van der Waals surface area contributed by atoms with Gasteiger partial charge in [0.25, 0.3) is 5.69 Å². The van der Waals surface area contributed by atoms with Crippen LogP contribution < -0.4 is 4.74 Å². The Morgan fingerprint density at radius 1 is 1.40 bits per heavy atom. The first kappa shape index (κ1) is 14.2. The van der Waals surface area contributed by atoms with Gasteiger partial charge >= 0.3 is 0 Å². The van der Waals surface area contributed by atoms with Gasteiger partial charge in [-0.2, -0.15) is 0 Å². The van der Waals surface area contributed by atoms with Crippen molar-refractivity contribution in [3.05, 3.63) is 57.2 Å².